The first-order valence-electron chi connectivity index (χ1n) is 7.31. The van der Waals surface area contributed by atoms with Crippen molar-refractivity contribution in [3.8, 4) is 0 Å². The van der Waals surface area contributed by atoms with E-state index in [9.17, 15) is 0 Å². The van der Waals surface area contributed by atoms with Gasteiger partial charge in [0.25, 0.3) is 0 Å². The summed E-state index contributed by atoms with van der Waals surface area (Å²) in [6, 6.07) is 0. The van der Waals surface area contributed by atoms with E-state index in [0.717, 1.165) is 0 Å². The van der Waals surface area contributed by atoms with Crippen LogP contribution in [0.15, 0.2) is 87.9 Å². The fraction of sp³-hybridized carbons (Fsp3) is 0.111. The third kappa shape index (κ3) is 12.6. The van der Waals surface area contributed by atoms with Crippen LogP contribution in [0.3, 0.4) is 0 Å². The second-order valence-electron chi connectivity index (χ2n) is 4.69. The molecule has 0 aliphatic carbocycles. The molecule has 0 aromatic heterocycles. The van der Waals surface area contributed by atoms with E-state index in [1.807, 2.05) is 0 Å². The Kier molecular flexibility index (Phi) is 13.4. The summed E-state index contributed by atoms with van der Waals surface area (Å²) in [6.07, 6.45) is 17.0. The Bertz CT molecular complexity index is 427. The van der Waals surface area contributed by atoms with Crippen LogP contribution in [-0.4, -0.2) is 59.6 Å². The first-order valence-corrected chi connectivity index (χ1v) is 21.2. The monoisotopic (exact) mass is 534 g/mol. The van der Waals surface area contributed by atoms with Crippen molar-refractivity contribution in [2.45, 2.75) is 11.5 Å². The van der Waals surface area contributed by atoms with Gasteiger partial charge in [-0.15, -0.1) is 0 Å². The van der Waals surface area contributed by atoms with E-state index in [2.05, 4.69) is 99.4 Å². The second kappa shape index (κ2) is 14.7. The van der Waals surface area contributed by atoms with Gasteiger partial charge in [0.1, 0.15) is 0 Å². The summed E-state index contributed by atoms with van der Waals surface area (Å²) in [7, 11) is 0. The molecule has 0 saturated heterocycles. The summed E-state index contributed by atoms with van der Waals surface area (Å²) in [4.78, 5) is 18.3. The van der Waals surface area contributed by atoms with Crippen molar-refractivity contribution in [1.29, 1.82) is 0 Å². The molecule has 0 N–H and O–H groups in total. The molecule has 6 radical (unpaired) electrons. The molecule has 0 spiro atoms. The molecule has 0 unspecified atom stereocenters. The third-order valence-electron chi connectivity index (χ3n) is 2.65. The van der Waals surface area contributed by atoms with Crippen LogP contribution in [0.1, 0.15) is 0 Å². The van der Waals surface area contributed by atoms with Gasteiger partial charge in [-0.2, -0.15) is 0 Å². The molecule has 0 amide bonds. The van der Waals surface area contributed by atoms with Gasteiger partial charge in [0.05, 0.1) is 0 Å². The molecule has 4 aliphatic rings. The quantitative estimate of drug-likeness (QED) is 0.416. The van der Waals surface area contributed by atoms with Crippen molar-refractivity contribution in [3.05, 3.63) is 87.9 Å². The zero-order valence-corrected chi connectivity index (χ0v) is 21.6. The predicted octanol–water partition coefficient (Wildman–Crippen LogP) is 4.09. The zero-order chi connectivity index (χ0) is 15.9. The summed E-state index contributed by atoms with van der Waals surface area (Å²) >= 11 is -0.704. The Labute approximate surface area is 157 Å². The summed E-state index contributed by atoms with van der Waals surface area (Å²) < 4.78 is 0. The molecule has 0 bridgehead atoms. The molecule has 0 aromatic carbocycles. The number of rotatable bonds is 0. The van der Waals surface area contributed by atoms with Crippen molar-refractivity contribution in [2.75, 3.05) is 0 Å². The molecule has 110 valence electrons. The zero-order valence-electron chi connectivity index (χ0n) is 13.2. The van der Waals surface area contributed by atoms with Crippen LogP contribution in [0.5, 0.6) is 0 Å². The molecular formula is C18H22Ge4. The first kappa shape index (κ1) is 20.1. The molecule has 4 heteroatoms. The van der Waals surface area contributed by atoms with Crippen LogP contribution in [0.25, 0.3) is 0 Å². The average molecular weight is 529 g/mol. The first-order chi connectivity index (χ1) is 10.8. The Morgan fingerprint density at radius 2 is 0.727 bits per heavy atom. The Morgan fingerprint density at radius 3 is 0.818 bits per heavy atom. The summed E-state index contributed by atoms with van der Waals surface area (Å²) in [5, 5.41) is 0. The van der Waals surface area contributed by atoms with Gasteiger partial charge in [0, 0.05) is 0 Å². The topological polar surface area (TPSA) is 0 Å². The van der Waals surface area contributed by atoms with Crippen LogP contribution < -0.4 is 0 Å². The molecule has 0 aromatic rings. The molecule has 0 nitrogen and oxygen atoms in total. The maximum atomic E-state index is 2.33. The SMILES string of the molecule is C1=[CH][Ge][CH]=C1.C1=[CH][Ge][CH]=C1.[CH3][Ge]1[CH]=CC=[CH]1.[CH3][Ge]1[CH]=CC=[CH]1. The van der Waals surface area contributed by atoms with Crippen molar-refractivity contribution in [1.82, 2.24) is 0 Å². The van der Waals surface area contributed by atoms with Crippen molar-refractivity contribution >= 4 is 59.6 Å². The average Bonchev–Trinajstić information content (AvgIpc) is 3.32. The van der Waals surface area contributed by atoms with Gasteiger partial charge in [0.2, 0.25) is 0 Å². The van der Waals surface area contributed by atoms with E-state index >= 15 is 0 Å². The molecule has 0 fully saturated rings. The van der Waals surface area contributed by atoms with Gasteiger partial charge in [-0.1, -0.05) is 0 Å². The number of allylic oxidation sites excluding steroid dienone is 8. The van der Waals surface area contributed by atoms with E-state index in [-0.39, 0.29) is 30.9 Å². The molecule has 0 saturated carbocycles. The van der Waals surface area contributed by atoms with E-state index < -0.39 is 28.7 Å². The summed E-state index contributed by atoms with van der Waals surface area (Å²) in [5.74, 6) is 4.67. The molecule has 4 aliphatic heterocycles. The summed E-state index contributed by atoms with van der Waals surface area (Å²) in [6.45, 7) is 0. The molecule has 22 heavy (non-hydrogen) atoms. The normalized spacial score (nSPS) is 19.0. The number of hydrogen-bond acceptors (Lipinski definition) is 0. The minimum absolute atomic E-state index is 0.278. The van der Waals surface area contributed by atoms with Gasteiger partial charge in [-0.05, 0) is 0 Å². The molecule has 4 rings (SSSR count). The van der Waals surface area contributed by atoms with Gasteiger partial charge in [0.15, 0.2) is 0 Å². The van der Waals surface area contributed by atoms with Crippen LogP contribution in [0, 0.1) is 0 Å². The van der Waals surface area contributed by atoms with Crippen molar-refractivity contribution in [3.63, 3.8) is 0 Å². The van der Waals surface area contributed by atoms with Crippen molar-refractivity contribution < 1.29 is 0 Å². The van der Waals surface area contributed by atoms with Gasteiger partial charge >= 0.3 is 159 Å². The van der Waals surface area contributed by atoms with Crippen LogP contribution in [0.2, 0.25) is 11.5 Å². The van der Waals surface area contributed by atoms with E-state index in [1.54, 1.807) is 0 Å². The fourth-order valence-corrected chi connectivity index (χ4v) is 7.77. The van der Waals surface area contributed by atoms with Crippen LogP contribution in [0.4, 0.5) is 0 Å². The number of hydrogen-bond donors (Lipinski definition) is 0. The molecule has 0 atom stereocenters. The maximum absolute atomic E-state index is 2.33. The third-order valence-corrected chi connectivity index (χ3v) is 11.9. The van der Waals surface area contributed by atoms with Gasteiger partial charge < -0.3 is 0 Å². The van der Waals surface area contributed by atoms with Gasteiger partial charge in [-0.25, -0.2) is 0 Å². The molecular weight excluding hydrogens is 507 g/mol. The Morgan fingerprint density at radius 1 is 0.455 bits per heavy atom. The minimum atomic E-state index is -0.630. The summed E-state index contributed by atoms with van der Waals surface area (Å²) in [5.41, 5.74) is 0. The second-order valence-corrected chi connectivity index (χ2v) is 17.9. The van der Waals surface area contributed by atoms with Crippen molar-refractivity contribution in [2.24, 2.45) is 0 Å². The van der Waals surface area contributed by atoms with Crippen LogP contribution >= 0.6 is 0 Å². The fourth-order valence-electron chi connectivity index (χ4n) is 1.50. The van der Waals surface area contributed by atoms with Crippen LogP contribution in [-0.2, 0) is 0 Å². The predicted molar refractivity (Wildman–Crippen MR) is 108 cm³/mol. The van der Waals surface area contributed by atoms with E-state index in [4.69, 9.17) is 0 Å². The standard InChI is InChI=1S/2C5H7Ge.2C4H4Ge/c2*1-6-4-2-3-5-6;2*1-2-4-5-3-1/h2*2-5H,1H3;2*1-4H. The van der Waals surface area contributed by atoms with Gasteiger partial charge in [-0.3, -0.25) is 0 Å². The Balaban J connectivity index is 0.000000147. The van der Waals surface area contributed by atoms with E-state index in [1.165, 1.54) is 0 Å². The molecule has 4 heterocycles. The van der Waals surface area contributed by atoms with E-state index in [0.29, 0.717) is 0 Å². The Hall–Kier alpha value is 0.0914.